The van der Waals surface area contributed by atoms with E-state index in [1.54, 1.807) is 25.2 Å². The molecule has 104 valence electrons. The second-order valence-electron chi connectivity index (χ2n) is 4.14. The molecular weight excluding hydrogens is 310 g/mol. The lowest BCUT2D eigenvalue weighted by Gasteiger charge is -2.21. The second-order valence-corrected chi connectivity index (χ2v) is 4.99. The van der Waals surface area contributed by atoms with Gasteiger partial charge in [-0.2, -0.15) is 0 Å². The number of hydrogen-bond donors (Lipinski definition) is 2. The van der Waals surface area contributed by atoms with Crippen LogP contribution in [-0.2, 0) is 4.79 Å². The minimum Gasteiger partial charge on any atom is -0.398 e. The second kappa shape index (κ2) is 7.13. The van der Waals surface area contributed by atoms with Crippen molar-refractivity contribution in [3.05, 3.63) is 28.2 Å². The number of nitrogens with one attached hydrogen (secondary N) is 1. The maximum atomic E-state index is 12.3. The van der Waals surface area contributed by atoms with Gasteiger partial charge in [0, 0.05) is 29.3 Å². The number of anilines is 1. The molecule has 0 aromatic heterocycles. The zero-order chi connectivity index (χ0) is 14.4. The highest BCUT2D eigenvalue weighted by atomic mass is 79.9. The molecule has 19 heavy (non-hydrogen) atoms. The van der Waals surface area contributed by atoms with Gasteiger partial charge in [0.1, 0.15) is 0 Å². The highest BCUT2D eigenvalue weighted by molar-refractivity contribution is 9.10. The minimum absolute atomic E-state index is 0.0547. The van der Waals surface area contributed by atoms with Gasteiger partial charge in [-0.1, -0.05) is 6.92 Å². The van der Waals surface area contributed by atoms with E-state index in [1.165, 1.54) is 4.90 Å². The molecule has 0 aliphatic carbocycles. The summed E-state index contributed by atoms with van der Waals surface area (Å²) in [5, 5.41) is 2.52. The summed E-state index contributed by atoms with van der Waals surface area (Å²) in [4.78, 5) is 25.3. The normalized spacial score (nSPS) is 10.1. The number of halogens is 1. The van der Waals surface area contributed by atoms with Crippen molar-refractivity contribution in [3.8, 4) is 0 Å². The lowest BCUT2D eigenvalue weighted by Crippen LogP contribution is -2.40. The smallest absolute Gasteiger partial charge is 0.254 e. The Labute approximate surface area is 121 Å². The number of rotatable bonds is 5. The van der Waals surface area contributed by atoms with E-state index in [4.69, 9.17) is 5.73 Å². The third-order valence-corrected chi connectivity index (χ3v) is 3.36. The van der Waals surface area contributed by atoms with E-state index in [-0.39, 0.29) is 18.4 Å². The van der Waals surface area contributed by atoms with Gasteiger partial charge in [-0.05, 0) is 40.5 Å². The van der Waals surface area contributed by atoms with E-state index in [9.17, 15) is 9.59 Å². The summed E-state index contributed by atoms with van der Waals surface area (Å²) in [5.74, 6) is -0.378. The molecule has 1 aromatic rings. The number of nitrogens with two attached hydrogens (primary N) is 1. The van der Waals surface area contributed by atoms with Gasteiger partial charge in [-0.15, -0.1) is 0 Å². The highest BCUT2D eigenvalue weighted by Crippen LogP contribution is 2.21. The van der Waals surface area contributed by atoms with Crippen LogP contribution in [0.2, 0.25) is 0 Å². The maximum Gasteiger partial charge on any atom is 0.254 e. The molecule has 0 saturated carbocycles. The lowest BCUT2D eigenvalue weighted by molar-refractivity contribution is -0.121. The first-order valence-corrected chi connectivity index (χ1v) is 6.83. The van der Waals surface area contributed by atoms with E-state index < -0.39 is 0 Å². The molecule has 0 unspecified atom stereocenters. The molecule has 3 N–H and O–H groups in total. The molecular formula is C13H18BrN3O2. The van der Waals surface area contributed by atoms with Crippen molar-refractivity contribution >= 4 is 33.4 Å². The Balaban J connectivity index is 2.91. The lowest BCUT2D eigenvalue weighted by atomic mass is 10.1. The van der Waals surface area contributed by atoms with E-state index in [0.29, 0.717) is 17.8 Å². The predicted octanol–water partition coefficient (Wildman–Crippen LogP) is 1.63. The van der Waals surface area contributed by atoms with Crippen LogP contribution in [0.3, 0.4) is 0 Å². The molecule has 0 atom stereocenters. The molecule has 1 aromatic carbocycles. The van der Waals surface area contributed by atoms with Gasteiger partial charge in [0.2, 0.25) is 5.91 Å². The Hall–Kier alpha value is -1.56. The number of amides is 2. The van der Waals surface area contributed by atoms with Gasteiger partial charge in [0.05, 0.1) is 6.54 Å². The quantitative estimate of drug-likeness (QED) is 0.807. The summed E-state index contributed by atoms with van der Waals surface area (Å²) in [6.45, 7) is 2.54. The molecule has 5 nitrogen and oxygen atoms in total. The van der Waals surface area contributed by atoms with Gasteiger partial charge >= 0.3 is 0 Å². The fraction of sp³-hybridized carbons (Fsp3) is 0.385. The Kier molecular flexibility index (Phi) is 5.82. The molecule has 0 aliphatic rings. The molecule has 0 bridgehead atoms. The van der Waals surface area contributed by atoms with Gasteiger partial charge in [0.25, 0.3) is 5.91 Å². The number of carbonyl (C=O) groups excluding carboxylic acids is 2. The number of hydrogen-bond acceptors (Lipinski definition) is 3. The Bertz CT molecular complexity index is 477. The topological polar surface area (TPSA) is 75.4 Å². The van der Waals surface area contributed by atoms with Crippen LogP contribution in [0.15, 0.2) is 22.7 Å². The summed E-state index contributed by atoms with van der Waals surface area (Å²) in [6, 6.07) is 5.03. The molecule has 1 rings (SSSR count). The average molecular weight is 328 g/mol. The first kappa shape index (κ1) is 15.5. The molecule has 0 aliphatic heterocycles. The maximum absolute atomic E-state index is 12.3. The standard InChI is InChI=1S/C13H18BrN3O2/c1-3-6-17(8-12(18)16-2)13(19)9-4-5-10(14)11(15)7-9/h4-5,7H,3,6,8,15H2,1-2H3,(H,16,18). The summed E-state index contributed by atoms with van der Waals surface area (Å²) in [5.41, 5.74) is 6.75. The number of nitrogens with zero attached hydrogens (tertiary/aromatic N) is 1. The van der Waals surface area contributed by atoms with Crippen LogP contribution in [0.4, 0.5) is 5.69 Å². The molecule has 0 radical (unpaired) electrons. The van der Waals surface area contributed by atoms with Crippen LogP contribution in [0.25, 0.3) is 0 Å². The highest BCUT2D eigenvalue weighted by Gasteiger charge is 2.18. The fourth-order valence-corrected chi connectivity index (χ4v) is 1.88. The van der Waals surface area contributed by atoms with Crippen molar-refractivity contribution in [3.63, 3.8) is 0 Å². The summed E-state index contributed by atoms with van der Waals surface area (Å²) in [7, 11) is 1.55. The van der Waals surface area contributed by atoms with E-state index in [0.717, 1.165) is 10.9 Å². The number of carbonyl (C=O) groups is 2. The third-order valence-electron chi connectivity index (χ3n) is 2.64. The Morgan fingerprint density at radius 2 is 2.11 bits per heavy atom. The van der Waals surface area contributed by atoms with Crippen LogP contribution < -0.4 is 11.1 Å². The van der Waals surface area contributed by atoms with Crippen molar-refractivity contribution < 1.29 is 9.59 Å². The van der Waals surface area contributed by atoms with Crippen molar-refractivity contribution in [2.24, 2.45) is 0 Å². The first-order chi connectivity index (χ1) is 8.99. The van der Waals surface area contributed by atoms with E-state index in [1.807, 2.05) is 6.92 Å². The Morgan fingerprint density at radius 3 is 2.63 bits per heavy atom. The number of nitrogen functional groups attached to an aromatic ring is 1. The minimum atomic E-state index is -0.190. The number of benzene rings is 1. The summed E-state index contributed by atoms with van der Waals surface area (Å²) in [6.07, 6.45) is 0.786. The van der Waals surface area contributed by atoms with Gasteiger partial charge in [0.15, 0.2) is 0 Å². The predicted molar refractivity (Wildman–Crippen MR) is 78.8 cm³/mol. The van der Waals surface area contributed by atoms with Crippen molar-refractivity contribution in [1.82, 2.24) is 10.2 Å². The van der Waals surface area contributed by atoms with Gasteiger partial charge in [-0.25, -0.2) is 0 Å². The molecule has 0 fully saturated rings. The molecule has 0 spiro atoms. The largest absolute Gasteiger partial charge is 0.398 e. The molecule has 0 heterocycles. The van der Waals surface area contributed by atoms with Crippen molar-refractivity contribution in [2.75, 3.05) is 25.9 Å². The van der Waals surface area contributed by atoms with Crippen molar-refractivity contribution in [1.29, 1.82) is 0 Å². The number of likely N-dealkylation sites (N-methyl/N-ethyl adjacent to an activating group) is 1. The third kappa shape index (κ3) is 4.24. The zero-order valence-electron chi connectivity index (χ0n) is 11.1. The Morgan fingerprint density at radius 1 is 1.42 bits per heavy atom. The van der Waals surface area contributed by atoms with Crippen LogP contribution in [-0.4, -0.2) is 36.9 Å². The average Bonchev–Trinajstić information content (AvgIpc) is 2.40. The van der Waals surface area contributed by atoms with E-state index >= 15 is 0 Å². The SMILES string of the molecule is CCCN(CC(=O)NC)C(=O)c1ccc(Br)c(N)c1. The van der Waals surface area contributed by atoms with Gasteiger partial charge in [-0.3, -0.25) is 9.59 Å². The molecule has 6 heteroatoms. The van der Waals surface area contributed by atoms with Crippen LogP contribution in [0.1, 0.15) is 23.7 Å². The van der Waals surface area contributed by atoms with Gasteiger partial charge < -0.3 is 16.0 Å². The summed E-state index contributed by atoms with van der Waals surface area (Å²) >= 11 is 3.28. The van der Waals surface area contributed by atoms with Crippen molar-refractivity contribution in [2.45, 2.75) is 13.3 Å². The monoisotopic (exact) mass is 327 g/mol. The first-order valence-electron chi connectivity index (χ1n) is 6.04. The van der Waals surface area contributed by atoms with Crippen LogP contribution in [0, 0.1) is 0 Å². The molecule has 0 saturated heterocycles. The zero-order valence-corrected chi connectivity index (χ0v) is 12.7. The van der Waals surface area contributed by atoms with Crippen LogP contribution >= 0.6 is 15.9 Å². The van der Waals surface area contributed by atoms with Crippen LogP contribution in [0.5, 0.6) is 0 Å². The van der Waals surface area contributed by atoms with E-state index in [2.05, 4.69) is 21.2 Å². The summed E-state index contributed by atoms with van der Waals surface area (Å²) < 4.78 is 0.748. The fourth-order valence-electron chi connectivity index (χ4n) is 1.63. The molecule has 2 amide bonds.